The Hall–Kier alpha value is 0.270. The van der Waals surface area contributed by atoms with Crippen molar-refractivity contribution in [2.24, 2.45) is 5.90 Å². The van der Waals surface area contributed by atoms with E-state index in [9.17, 15) is 0 Å². The smallest absolute Gasteiger partial charge is 0.0846 e. The number of rotatable bonds is 2. The summed E-state index contributed by atoms with van der Waals surface area (Å²) in [7, 11) is 0. The van der Waals surface area contributed by atoms with Crippen molar-refractivity contribution >= 4 is 12.6 Å². The van der Waals surface area contributed by atoms with E-state index < -0.39 is 0 Å². The zero-order chi connectivity index (χ0) is 4.99. The van der Waals surface area contributed by atoms with Gasteiger partial charge in [-0.05, 0) is 6.92 Å². The molecular weight excluding hydrogens is 98.1 g/mol. The fourth-order valence-corrected chi connectivity index (χ4v) is 0.129. The van der Waals surface area contributed by atoms with Gasteiger partial charge in [-0.2, -0.15) is 12.6 Å². The highest BCUT2D eigenvalue weighted by Gasteiger charge is 1.90. The largest absolute Gasteiger partial charge is 0.301 e. The van der Waals surface area contributed by atoms with E-state index in [0.717, 1.165) is 0 Å². The van der Waals surface area contributed by atoms with Crippen molar-refractivity contribution < 1.29 is 4.84 Å². The van der Waals surface area contributed by atoms with Gasteiger partial charge in [-0.3, -0.25) is 0 Å². The summed E-state index contributed by atoms with van der Waals surface area (Å²) >= 11 is 3.89. The van der Waals surface area contributed by atoms with Crippen LogP contribution in [0.2, 0.25) is 0 Å². The Balaban J connectivity index is 2.75. The molecule has 0 amide bonds. The van der Waals surface area contributed by atoms with Crippen molar-refractivity contribution in [1.82, 2.24) is 0 Å². The average molecular weight is 107 g/mol. The second-order valence-corrected chi connectivity index (χ2v) is 1.49. The molecule has 6 heavy (non-hydrogen) atoms. The van der Waals surface area contributed by atoms with Crippen molar-refractivity contribution in [3.05, 3.63) is 0 Å². The maximum absolute atomic E-state index is 4.73. The first-order chi connectivity index (χ1) is 2.81. The van der Waals surface area contributed by atoms with Crippen LogP contribution in [0.1, 0.15) is 6.92 Å². The summed E-state index contributed by atoms with van der Waals surface area (Å²) in [4.78, 5) is 4.32. The van der Waals surface area contributed by atoms with Gasteiger partial charge in [0.15, 0.2) is 0 Å². The average Bonchev–Trinajstić information content (AvgIpc) is 1.65. The molecule has 0 spiro atoms. The van der Waals surface area contributed by atoms with Gasteiger partial charge in [0.2, 0.25) is 0 Å². The Morgan fingerprint density at radius 3 is 2.50 bits per heavy atom. The quantitative estimate of drug-likeness (QED) is 0.390. The minimum Gasteiger partial charge on any atom is -0.301 e. The maximum Gasteiger partial charge on any atom is 0.0846 e. The van der Waals surface area contributed by atoms with Crippen LogP contribution >= 0.6 is 12.6 Å². The first-order valence-electron chi connectivity index (χ1n) is 1.77. The van der Waals surface area contributed by atoms with E-state index in [4.69, 9.17) is 5.90 Å². The molecular formula is C3H9NOS. The number of nitrogens with two attached hydrogens (primary N) is 1. The first kappa shape index (κ1) is 6.27. The van der Waals surface area contributed by atoms with Gasteiger partial charge in [-0.15, -0.1) is 0 Å². The molecule has 0 heterocycles. The van der Waals surface area contributed by atoms with E-state index in [1.165, 1.54) is 0 Å². The van der Waals surface area contributed by atoms with Crippen LogP contribution in [-0.2, 0) is 4.84 Å². The van der Waals surface area contributed by atoms with Crippen LogP contribution in [0.5, 0.6) is 0 Å². The molecule has 0 saturated heterocycles. The molecule has 0 aromatic heterocycles. The summed E-state index contributed by atoms with van der Waals surface area (Å²) in [5, 5.41) is 0. The number of hydrogen-bond donors (Lipinski definition) is 2. The van der Waals surface area contributed by atoms with Crippen LogP contribution in [0, 0.1) is 0 Å². The highest BCUT2D eigenvalue weighted by molar-refractivity contribution is 7.80. The standard InChI is InChI=1S/C3H9NOS/c1-3(2-6)5-4/h3,6H,2,4H2,1H3/t3-/m0/s1. The Morgan fingerprint density at radius 1 is 2.00 bits per heavy atom. The third-order valence-corrected chi connectivity index (χ3v) is 1.00. The molecule has 0 aliphatic rings. The normalized spacial score (nSPS) is 14.5. The molecule has 0 aromatic carbocycles. The zero-order valence-corrected chi connectivity index (χ0v) is 4.61. The molecule has 0 aliphatic carbocycles. The molecule has 1 atom stereocenters. The fourth-order valence-electron chi connectivity index (χ4n) is 0.0430. The van der Waals surface area contributed by atoms with E-state index in [1.54, 1.807) is 0 Å². The van der Waals surface area contributed by atoms with E-state index in [1.807, 2.05) is 6.92 Å². The lowest BCUT2D eigenvalue weighted by Gasteiger charge is -1.99. The summed E-state index contributed by atoms with van der Waals surface area (Å²) < 4.78 is 0. The van der Waals surface area contributed by atoms with Gasteiger partial charge in [0.25, 0.3) is 0 Å². The van der Waals surface area contributed by atoms with Crippen molar-refractivity contribution in [1.29, 1.82) is 0 Å². The van der Waals surface area contributed by atoms with Crippen molar-refractivity contribution in [2.45, 2.75) is 13.0 Å². The number of hydrogen-bond acceptors (Lipinski definition) is 3. The van der Waals surface area contributed by atoms with Crippen LogP contribution in [0.3, 0.4) is 0 Å². The molecule has 0 rings (SSSR count). The lowest BCUT2D eigenvalue weighted by atomic mass is 10.5. The SMILES string of the molecule is C[C@@H](CS)ON. The Bertz CT molecular complexity index is 30.0. The highest BCUT2D eigenvalue weighted by Crippen LogP contribution is 1.85. The second kappa shape index (κ2) is 3.46. The monoisotopic (exact) mass is 107 g/mol. The minimum atomic E-state index is 0.0772. The molecule has 0 unspecified atom stereocenters. The van der Waals surface area contributed by atoms with Gasteiger partial charge >= 0.3 is 0 Å². The highest BCUT2D eigenvalue weighted by atomic mass is 32.1. The van der Waals surface area contributed by atoms with Crippen LogP contribution in [0.15, 0.2) is 0 Å². The van der Waals surface area contributed by atoms with Crippen LogP contribution in [-0.4, -0.2) is 11.9 Å². The molecule has 0 fully saturated rings. The Morgan fingerprint density at radius 2 is 2.50 bits per heavy atom. The molecule has 2 nitrogen and oxygen atoms in total. The van der Waals surface area contributed by atoms with Crippen molar-refractivity contribution in [3.63, 3.8) is 0 Å². The third kappa shape index (κ3) is 2.50. The summed E-state index contributed by atoms with van der Waals surface area (Å²) in [5.74, 6) is 5.41. The topological polar surface area (TPSA) is 35.2 Å². The van der Waals surface area contributed by atoms with Gasteiger partial charge in [-0.1, -0.05) is 0 Å². The lowest BCUT2D eigenvalue weighted by molar-refractivity contribution is 0.0835. The van der Waals surface area contributed by atoms with Crippen LogP contribution in [0.4, 0.5) is 0 Å². The van der Waals surface area contributed by atoms with Crippen LogP contribution in [0.25, 0.3) is 0 Å². The molecule has 2 N–H and O–H groups in total. The molecule has 0 bridgehead atoms. The maximum atomic E-state index is 4.73. The number of thiol groups is 1. The predicted octanol–water partition coefficient (Wildman–Crippen LogP) is 0.195. The van der Waals surface area contributed by atoms with E-state index in [-0.39, 0.29) is 6.10 Å². The predicted molar refractivity (Wildman–Crippen MR) is 28.6 cm³/mol. The Labute approximate surface area is 43.0 Å². The summed E-state index contributed by atoms with van der Waals surface area (Å²) in [5.41, 5.74) is 0. The summed E-state index contributed by atoms with van der Waals surface area (Å²) in [6, 6.07) is 0. The van der Waals surface area contributed by atoms with Crippen molar-refractivity contribution in [2.75, 3.05) is 5.75 Å². The van der Waals surface area contributed by atoms with E-state index in [2.05, 4.69) is 17.5 Å². The molecule has 38 valence electrons. The van der Waals surface area contributed by atoms with Gasteiger partial charge in [0.1, 0.15) is 0 Å². The van der Waals surface area contributed by atoms with Crippen LogP contribution < -0.4 is 5.90 Å². The molecule has 3 heteroatoms. The third-order valence-electron chi connectivity index (χ3n) is 0.489. The zero-order valence-electron chi connectivity index (χ0n) is 3.72. The van der Waals surface area contributed by atoms with Gasteiger partial charge in [0, 0.05) is 5.75 Å². The van der Waals surface area contributed by atoms with E-state index >= 15 is 0 Å². The lowest BCUT2D eigenvalue weighted by Crippen LogP contribution is -2.13. The summed E-state index contributed by atoms with van der Waals surface area (Å²) in [6.45, 7) is 1.85. The van der Waals surface area contributed by atoms with Gasteiger partial charge in [-0.25, -0.2) is 5.90 Å². The fraction of sp³-hybridized carbons (Fsp3) is 1.00. The molecule has 0 saturated carbocycles. The van der Waals surface area contributed by atoms with E-state index in [0.29, 0.717) is 5.75 Å². The van der Waals surface area contributed by atoms with Gasteiger partial charge in [0.05, 0.1) is 6.10 Å². The van der Waals surface area contributed by atoms with Crippen molar-refractivity contribution in [3.8, 4) is 0 Å². The molecule has 0 aliphatic heterocycles. The first-order valence-corrected chi connectivity index (χ1v) is 2.41. The Kier molecular flexibility index (Phi) is 3.62. The minimum absolute atomic E-state index is 0.0772. The van der Waals surface area contributed by atoms with Gasteiger partial charge < -0.3 is 4.84 Å². The molecule has 0 aromatic rings. The second-order valence-electron chi connectivity index (χ2n) is 1.13. The summed E-state index contributed by atoms with van der Waals surface area (Å²) in [6.07, 6.45) is 0.0772. The molecule has 0 radical (unpaired) electrons.